The van der Waals surface area contributed by atoms with E-state index in [1.807, 2.05) is 68.4 Å². The minimum atomic E-state index is -0.179. The van der Waals surface area contributed by atoms with Crippen molar-refractivity contribution in [2.75, 3.05) is 0 Å². The van der Waals surface area contributed by atoms with Gasteiger partial charge in [0.15, 0.2) is 0 Å². The Morgan fingerprint density at radius 3 is 2.24 bits per heavy atom. The summed E-state index contributed by atoms with van der Waals surface area (Å²) in [6, 6.07) is 23.2. The molecule has 6 heteroatoms. The number of imidazole rings is 1. The fourth-order valence-electron chi connectivity index (χ4n) is 4.41. The van der Waals surface area contributed by atoms with Crippen molar-refractivity contribution in [3.8, 4) is 22.4 Å². The summed E-state index contributed by atoms with van der Waals surface area (Å²) in [6.07, 6.45) is 0. The third kappa shape index (κ3) is 3.31. The van der Waals surface area contributed by atoms with Crippen molar-refractivity contribution in [1.29, 1.82) is 0 Å². The number of fused-ring (bicyclic) bond motifs is 1. The van der Waals surface area contributed by atoms with Crippen molar-refractivity contribution in [1.82, 2.24) is 18.9 Å². The summed E-state index contributed by atoms with van der Waals surface area (Å²) in [5.74, 6) is -0.179. The normalized spacial score (nSPS) is 11.3. The van der Waals surface area contributed by atoms with Crippen LogP contribution in [0.25, 0.3) is 33.4 Å². The van der Waals surface area contributed by atoms with Crippen LogP contribution in [0.2, 0.25) is 0 Å². The van der Waals surface area contributed by atoms with Crippen LogP contribution in [-0.2, 0) is 14.1 Å². The summed E-state index contributed by atoms with van der Waals surface area (Å²) in [4.78, 5) is 25.8. The smallest absolute Gasteiger partial charge is 0.295 e. The first-order valence-corrected chi connectivity index (χ1v) is 10.8. The summed E-state index contributed by atoms with van der Waals surface area (Å²) in [6.45, 7) is 3.95. The van der Waals surface area contributed by atoms with E-state index in [2.05, 4.69) is 6.07 Å². The van der Waals surface area contributed by atoms with E-state index >= 15 is 0 Å². The number of hydrogen-bond acceptors (Lipinski definition) is 3. The van der Waals surface area contributed by atoms with Crippen LogP contribution in [0.1, 0.15) is 21.6 Å². The van der Waals surface area contributed by atoms with E-state index in [1.54, 1.807) is 35.4 Å². The monoisotopic (exact) mass is 436 g/mol. The fourth-order valence-corrected chi connectivity index (χ4v) is 4.41. The quantitative estimate of drug-likeness (QED) is 0.411. The lowest BCUT2D eigenvalue weighted by atomic mass is 9.98. The molecule has 5 aromatic rings. The molecule has 2 heterocycles. The van der Waals surface area contributed by atoms with E-state index in [-0.39, 0.29) is 11.6 Å². The fraction of sp³-hybridized carbons (Fsp3) is 0.148. The van der Waals surface area contributed by atoms with Gasteiger partial charge in [0.25, 0.3) is 5.91 Å². The maximum atomic E-state index is 13.3. The van der Waals surface area contributed by atoms with Gasteiger partial charge in [-0.05, 0) is 49.7 Å². The highest BCUT2D eigenvalue weighted by molar-refractivity contribution is 5.98. The van der Waals surface area contributed by atoms with Crippen molar-refractivity contribution < 1.29 is 4.79 Å². The van der Waals surface area contributed by atoms with E-state index in [0.29, 0.717) is 5.56 Å². The number of hydrogen-bond donors (Lipinski definition) is 0. The van der Waals surface area contributed by atoms with Crippen molar-refractivity contribution in [2.24, 2.45) is 14.1 Å². The van der Waals surface area contributed by atoms with Gasteiger partial charge >= 0.3 is 5.69 Å². The van der Waals surface area contributed by atoms with Crippen LogP contribution < -0.4 is 5.69 Å². The lowest BCUT2D eigenvalue weighted by Gasteiger charge is -2.07. The molecule has 0 saturated heterocycles. The molecular weight excluding hydrogens is 412 g/mol. The zero-order valence-corrected chi connectivity index (χ0v) is 19.0. The Morgan fingerprint density at radius 1 is 0.788 bits per heavy atom. The first kappa shape index (κ1) is 20.7. The van der Waals surface area contributed by atoms with Gasteiger partial charge in [0.05, 0.1) is 16.7 Å². The Balaban J connectivity index is 1.78. The number of carbonyl (C=O) groups excluding carboxylic acids is 1. The first-order chi connectivity index (χ1) is 15.9. The maximum absolute atomic E-state index is 13.3. The van der Waals surface area contributed by atoms with Crippen LogP contribution in [0.4, 0.5) is 0 Å². The molecule has 0 N–H and O–H groups in total. The zero-order chi connectivity index (χ0) is 23.3. The van der Waals surface area contributed by atoms with Crippen molar-refractivity contribution in [3.05, 3.63) is 100 Å². The van der Waals surface area contributed by atoms with Crippen LogP contribution in [0.15, 0.2) is 77.6 Å². The second-order valence-corrected chi connectivity index (χ2v) is 8.37. The molecule has 0 radical (unpaired) electrons. The molecule has 164 valence electrons. The molecule has 33 heavy (non-hydrogen) atoms. The summed E-state index contributed by atoms with van der Waals surface area (Å²) >= 11 is 0. The maximum Gasteiger partial charge on any atom is 0.328 e. The molecule has 2 aromatic heterocycles. The molecule has 0 atom stereocenters. The molecule has 0 spiro atoms. The number of rotatable bonds is 3. The number of aromatic nitrogens is 4. The molecule has 0 amide bonds. The minimum Gasteiger partial charge on any atom is -0.295 e. The Labute approximate surface area is 191 Å². The highest BCUT2D eigenvalue weighted by atomic mass is 16.2. The summed E-state index contributed by atoms with van der Waals surface area (Å²) in [5.41, 5.74) is 7.51. The van der Waals surface area contributed by atoms with Gasteiger partial charge in [-0.25, -0.2) is 4.79 Å². The van der Waals surface area contributed by atoms with Crippen molar-refractivity contribution in [2.45, 2.75) is 13.8 Å². The molecule has 0 aliphatic carbocycles. The number of benzene rings is 3. The molecule has 0 aliphatic heterocycles. The molecule has 0 saturated carbocycles. The van der Waals surface area contributed by atoms with Gasteiger partial charge in [0.2, 0.25) is 0 Å². The van der Waals surface area contributed by atoms with Gasteiger partial charge in [-0.1, -0.05) is 48.0 Å². The molecule has 0 unspecified atom stereocenters. The predicted octanol–water partition coefficient (Wildman–Crippen LogP) is 4.71. The van der Waals surface area contributed by atoms with Gasteiger partial charge in [0, 0.05) is 30.8 Å². The number of carbonyl (C=O) groups is 1. The summed E-state index contributed by atoms with van der Waals surface area (Å²) in [7, 11) is 3.54. The van der Waals surface area contributed by atoms with E-state index < -0.39 is 0 Å². The highest BCUT2D eigenvalue weighted by Crippen LogP contribution is 2.36. The standard InChI is InChI=1S/C27H24N4O2/c1-17-9-8-12-21(15-17)25-24(18(2)31(28-25)26(32)19-10-6-5-7-11-19)20-13-14-22-23(16-20)30(4)27(33)29(22)3/h5-16H,1-4H3. The van der Waals surface area contributed by atoms with Crippen LogP contribution in [-0.4, -0.2) is 24.8 Å². The SMILES string of the molecule is Cc1cccc(-c2nn(C(=O)c3ccccc3)c(C)c2-c2ccc3c(c2)n(C)c(=O)n3C)c1. The number of aryl methyl sites for hydroxylation is 3. The predicted molar refractivity (Wildman–Crippen MR) is 130 cm³/mol. The van der Waals surface area contributed by atoms with Crippen molar-refractivity contribution >= 4 is 16.9 Å². The van der Waals surface area contributed by atoms with Gasteiger partial charge in [-0.15, -0.1) is 0 Å². The molecule has 0 aliphatic rings. The van der Waals surface area contributed by atoms with Crippen LogP contribution in [0.5, 0.6) is 0 Å². The largest absolute Gasteiger partial charge is 0.328 e. The lowest BCUT2D eigenvalue weighted by molar-refractivity contribution is 0.0943. The summed E-state index contributed by atoms with van der Waals surface area (Å²) in [5, 5.41) is 4.79. The van der Waals surface area contributed by atoms with E-state index in [4.69, 9.17) is 5.10 Å². The van der Waals surface area contributed by atoms with E-state index in [1.165, 1.54) is 4.68 Å². The van der Waals surface area contributed by atoms with Crippen molar-refractivity contribution in [3.63, 3.8) is 0 Å². The van der Waals surface area contributed by atoms with Gasteiger partial charge < -0.3 is 0 Å². The Morgan fingerprint density at radius 2 is 1.52 bits per heavy atom. The van der Waals surface area contributed by atoms with Gasteiger partial charge in [-0.2, -0.15) is 9.78 Å². The lowest BCUT2D eigenvalue weighted by Crippen LogP contribution is -2.19. The number of nitrogens with zero attached hydrogens (tertiary/aromatic N) is 4. The Hall–Kier alpha value is -4.19. The Kier molecular flexibility index (Phi) is 4.86. The average Bonchev–Trinajstić information content (AvgIpc) is 3.28. The highest BCUT2D eigenvalue weighted by Gasteiger charge is 2.23. The summed E-state index contributed by atoms with van der Waals surface area (Å²) < 4.78 is 4.76. The molecule has 6 nitrogen and oxygen atoms in total. The van der Waals surface area contributed by atoms with E-state index in [0.717, 1.165) is 44.7 Å². The molecule has 0 fully saturated rings. The third-order valence-corrected chi connectivity index (χ3v) is 6.18. The molecular formula is C27H24N4O2. The van der Waals surface area contributed by atoms with Gasteiger partial charge in [0.1, 0.15) is 5.69 Å². The third-order valence-electron chi connectivity index (χ3n) is 6.18. The minimum absolute atomic E-state index is 0.0762. The Bertz CT molecular complexity index is 1590. The zero-order valence-electron chi connectivity index (χ0n) is 19.0. The average molecular weight is 437 g/mol. The second-order valence-electron chi connectivity index (χ2n) is 8.37. The van der Waals surface area contributed by atoms with Gasteiger partial charge in [-0.3, -0.25) is 13.9 Å². The second kappa shape index (κ2) is 7.74. The topological polar surface area (TPSA) is 61.8 Å². The van der Waals surface area contributed by atoms with Crippen LogP contribution in [0, 0.1) is 13.8 Å². The van der Waals surface area contributed by atoms with Crippen LogP contribution in [0.3, 0.4) is 0 Å². The van der Waals surface area contributed by atoms with E-state index in [9.17, 15) is 9.59 Å². The first-order valence-electron chi connectivity index (χ1n) is 10.8. The molecule has 5 rings (SSSR count). The van der Waals surface area contributed by atoms with Crippen LogP contribution >= 0.6 is 0 Å². The molecule has 0 bridgehead atoms. The molecule has 3 aromatic carbocycles.